The Labute approximate surface area is 91.9 Å². The van der Waals surface area contributed by atoms with E-state index in [0.717, 1.165) is 31.0 Å². The van der Waals surface area contributed by atoms with E-state index in [1.165, 1.54) is 0 Å². The Kier molecular flexibility index (Phi) is 3.85. The molecule has 0 saturated heterocycles. The van der Waals surface area contributed by atoms with Gasteiger partial charge in [0.2, 0.25) is 0 Å². The van der Waals surface area contributed by atoms with Crippen LogP contribution in [0.2, 0.25) is 0 Å². The van der Waals surface area contributed by atoms with Crippen molar-refractivity contribution >= 4 is 0 Å². The maximum Gasteiger partial charge on any atom is 0.133 e. The number of nitrogens with two attached hydrogens (primary N) is 1. The third kappa shape index (κ3) is 3.63. The van der Waals surface area contributed by atoms with Crippen molar-refractivity contribution in [3.63, 3.8) is 0 Å². The molecule has 0 fully saturated rings. The molecule has 0 bridgehead atoms. The van der Waals surface area contributed by atoms with Crippen molar-refractivity contribution in [1.29, 1.82) is 0 Å². The monoisotopic (exact) mass is 210 g/mol. The van der Waals surface area contributed by atoms with Gasteiger partial charge in [-0.2, -0.15) is 0 Å². The molecular formula is C11H22N4. The largest absolute Gasteiger partial charge is 0.330 e. The third-order valence-electron chi connectivity index (χ3n) is 2.29. The number of nitrogens with zero attached hydrogens (tertiary/aromatic N) is 3. The number of aryl methyl sites for hydroxylation is 1. The topological polar surface area (TPSA) is 56.7 Å². The second kappa shape index (κ2) is 4.75. The van der Waals surface area contributed by atoms with Crippen molar-refractivity contribution in [2.24, 2.45) is 11.1 Å². The van der Waals surface area contributed by atoms with E-state index in [0.29, 0.717) is 6.54 Å². The molecule has 2 N–H and O–H groups in total. The average molecular weight is 210 g/mol. The number of hydrogen-bond acceptors (Lipinski definition) is 3. The van der Waals surface area contributed by atoms with E-state index >= 15 is 0 Å². The summed E-state index contributed by atoms with van der Waals surface area (Å²) >= 11 is 0. The first-order valence-corrected chi connectivity index (χ1v) is 5.53. The first kappa shape index (κ1) is 12.2. The molecule has 1 aromatic rings. The fraction of sp³-hybridized carbons (Fsp3) is 0.818. The minimum absolute atomic E-state index is 0.250. The molecule has 86 valence electrons. The van der Waals surface area contributed by atoms with E-state index in [-0.39, 0.29) is 5.41 Å². The summed E-state index contributed by atoms with van der Waals surface area (Å²) in [5.41, 5.74) is 5.77. The number of rotatable bonds is 4. The van der Waals surface area contributed by atoms with Crippen molar-refractivity contribution in [3.05, 3.63) is 11.6 Å². The Morgan fingerprint density at radius 3 is 2.47 bits per heavy atom. The molecule has 0 unspecified atom stereocenters. The fourth-order valence-corrected chi connectivity index (χ4v) is 1.57. The SMILES string of the molecule is Cc1nnc(CC(C)(C)C)n1CCCN. The summed E-state index contributed by atoms with van der Waals surface area (Å²) in [6.07, 6.45) is 1.94. The van der Waals surface area contributed by atoms with Gasteiger partial charge >= 0.3 is 0 Å². The normalized spacial score (nSPS) is 12.1. The van der Waals surface area contributed by atoms with Gasteiger partial charge < -0.3 is 10.3 Å². The summed E-state index contributed by atoms with van der Waals surface area (Å²) in [7, 11) is 0. The molecular weight excluding hydrogens is 188 g/mol. The molecule has 0 aliphatic carbocycles. The Morgan fingerprint density at radius 1 is 1.27 bits per heavy atom. The molecule has 4 heteroatoms. The summed E-state index contributed by atoms with van der Waals surface area (Å²) < 4.78 is 2.18. The van der Waals surface area contributed by atoms with Crippen LogP contribution in [0.1, 0.15) is 38.8 Å². The van der Waals surface area contributed by atoms with Gasteiger partial charge in [-0.3, -0.25) is 0 Å². The molecule has 0 aromatic carbocycles. The van der Waals surface area contributed by atoms with E-state index in [1.54, 1.807) is 0 Å². The van der Waals surface area contributed by atoms with Crippen LogP contribution < -0.4 is 5.73 Å². The lowest BCUT2D eigenvalue weighted by molar-refractivity contribution is 0.389. The Bertz CT molecular complexity index is 309. The van der Waals surface area contributed by atoms with Gasteiger partial charge in [0.05, 0.1) is 0 Å². The lowest BCUT2D eigenvalue weighted by Crippen LogP contribution is -2.16. The highest BCUT2D eigenvalue weighted by Crippen LogP contribution is 2.19. The predicted molar refractivity (Wildman–Crippen MR) is 61.6 cm³/mol. The van der Waals surface area contributed by atoms with Gasteiger partial charge in [-0.15, -0.1) is 10.2 Å². The van der Waals surface area contributed by atoms with Crippen molar-refractivity contribution in [1.82, 2.24) is 14.8 Å². The molecule has 1 rings (SSSR count). The van der Waals surface area contributed by atoms with Gasteiger partial charge in [0.1, 0.15) is 11.6 Å². The van der Waals surface area contributed by atoms with E-state index in [2.05, 4.69) is 35.5 Å². The molecule has 0 atom stereocenters. The summed E-state index contributed by atoms with van der Waals surface area (Å²) in [5, 5.41) is 8.35. The lowest BCUT2D eigenvalue weighted by Gasteiger charge is -2.18. The molecule has 0 amide bonds. The molecule has 0 radical (unpaired) electrons. The zero-order valence-electron chi connectivity index (χ0n) is 10.2. The fourth-order valence-electron chi connectivity index (χ4n) is 1.57. The molecule has 0 aliphatic heterocycles. The highest BCUT2D eigenvalue weighted by molar-refractivity contribution is 4.96. The van der Waals surface area contributed by atoms with Gasteiger partial charge in [-0.25, -0.2) is 0 Å². The molecule has 1 aromatic heterocycles. The van der Waals surface area contributed by atoms with Gasteiger partial charge in [0.25, 0.3) is 0 Å². The van der Waals surface area contributed by atoms with E-state index in [4.69, 9.17) is 5.73 Å². The van der Waals surface area contributed by atoms with Crippen molar-refractivity contribution < 1.29 is 0 Å². The summed E-state index contributed by atoms with van der Waals surface area (Å²) in [5.74, 6) is 2.07. The van der Waals surface area contributed by atoms with Crippen LogP contribution in [-0.2, 0) is 13.0 Å². The van der Waals surface area contributed by atoms with E-state index < -0.39 is 0 Å². The lowest BCUT2D eigenvalue weighted by atomic mass is 9.92. The number of aromatic nitrogens is 3. The van der Waals surface area contributed by atoms with Gasteiger partial charge in [0.15, 0.2) is 0 Å². The maximum absolute atomic E-state index is 5.52. The van der Waals surface area contributed by atoms with E-state index in [1.807, 2.05) is 6.92 Å². The van der Waals surface area contributed by atoms with Gasteiger partial charge in [-0.05, 0) is 25.3 Å². The maximum atomic E-state index is 5.52. The van der Waals surface area contributed by atoms with Crippen LogP contribution in [0.3, 0.4) is 0 Å². The molecule has 1 heterocycles. The third-order valence-corrected chi connectivity index (χ3v) is 2.29. The van der Waals surface area contributed by atoms with Crippen LogP contribution in [0.25, 0.3) is 0 Å². The average Bonchev–Trinajstić information content (AvgIpc) is 2.42. The van der Waals surface area contributed by atoms with Crippen molar-refractivity contribution in [2.45, 2.75) is 47.1 Å². The molecule has 15 heavy (non-hydrogen) atoms. The molecule has 4 nitrogen and oxygen atoms in total. The van der Waals surface area contributed by atoms with Crippen LogP contribution in [0.15, 0.2) is 0 Å². The Balaban J connectivity index is 2.79. The Morgan fingerprint density at radius 2 is 1.93 bits per heavy atom. The van der Waals surface area contributed by atoms with Crippen molar-refractivity contribution in [3.8, 4) is 0 Å². The standard InChI is InChI=1S/C11H22N4/c1-9-13-14-10(8-11(2,3)4)15(9)7-5-6-12/h5-8,12H2,1-4H3. The first-order chi connectivity index (χ1) is 6.94. The molecule has 0 spiro atoms. The Hall–Kier alpha value is -0.900. The molecule has 0 aliphatic rings. The second-order valence-corrected chi connectivity index (χ2v) is 5.19. The van der Waals surface area contributed by atoms with Gasteiger partial charge in [-0.1, -0.05) is 20.8 Å². The minimum Gasteiger partial charge on any atom is -0.330 e. The summed E-state index contributed by atoms with van der Waals surface area (Å²) in [6, 6.07) is 0. The van der Waals surface area contributed by atoms with Crippen LogP contribution in [0.5, 0.6) is 0 Å². The zero-order valence-corrected chi connectivity index (χ0v) is 10.2. The van der Waals surface area contributed by atoms with Crippen LogP contribution in [0.4, 0.5) is 0 Å². The van der Waals surface area contributed by atoms with E-state index in [9.17, 15) is 0 Å². The first-order valence-electron chi connectivity index (χ1n) is 5.53. The summed E-state index contributed by atoms with van der Waals surface area (Å²) in [6.45, 7) is 10.3. The predicted octanol–water partition coefficient (Wildman–Crippen LogP) is 1.52. The molecule has 0 saturated carbocycles. The zero-order chi connectivity index (χ0) is 11.5. The highest BCUT2D eigenvalue weighted by atomic mass is 15.3. The summed E-state index contributed by atoms with van der Waals surface area (Å²) in [4.78, 5) is 0. The van der Waals surface area contributed by atoms with Crippen molar-refractivity contribution in [2.75, 3.05) is 6.54 Å². The second-order valence-electron chi connectivity index (χ2n) is 5.19. The quantitative estimate of drug-likeness (QED) is 0.819. The van der Waals surface area contributed by atoms with Crippen LogP contribution >= 0.6 is 0 Å². The van der Waals surface area contributed by atoms with Crippen LogP contribution in [-0.4, -0.2) is 21.3 Å². The number of hydrogen-bond donors (Lipinski definition) is 1. The smallest absolute Gasteiger partial charge is 0.133 e. The van der Waals surface area contributed by atoms with Gasteiger partial charge in [0, 0.05) is 13.0 Å². The van der Waals surface area contributed by atoms with Crippen LogP contribution in [0, 0.1) is 12.3 Å². The highest BCUT2D eigenvalue weighted by Gasteiger charge is 2.17. The minimum atomic E-state index is 0.250.